The van der Waals surface area contributed by atoms with Gasteiger partial charge in [-0.25, -0.2) is 4.39 Å². The number of hydrogen-bond acceptors (Lipinski definition) is 4. The zero-order valence-electron chi connectivity index (χ0n) is 19.3. The molecule has 1 aromatic heterocycles. The van der Waals surface area contributed by atoms with Crippen molar-refractivity contribution in [2.75, 3.05) is 6.54 Å². The fraction of sp³-hybridized carbons (Fsp3) is 0.357. The van der Waals surface area contributed by atoms with Gasteiger partial charge in [-0.05, 0) is 85.2 Å². The average Bonchev–Trinajstić information content (AvgIpc) is 3.80. The summed E-state index contributed by atoms with van der Waals surface area (Å²) in [5.41, 5.74) is 2.84. The maximum Gasteiger partial charge on any atom is 0.287 e. The number of nitrogens with one attached hydrogen (secondary N) is 1. The van der Waals surface area contributed by atoms with Gasteiger partial charge in [0.1, 0.15) is 23.9 Å². The van der Waals surface area contributed by atoms with E-state index in [0.29, 0.717) is 18.1 Å². The lowest BCUT2D eigenvalue weighted by Gasteiger charge is -2.38. The van der Waals surface area contributed by atoms with Crippen molar-refractivity contribution in [2.45, 2.75) is 50.8 Å². The number of carbonyl (C=O) groups excluding carboxylic acids is 2. The first-order valence-electron chi connectivity index (χ1n) is 12.3. The van der Waals surface area contributed by atoms with E-state index in [9.17, 15) is 14.0 Å². The van der Waals surface area contributed by atoms with Gasteiger partial charge in [0, 0.05) is 18.5 Å². The molecule has 180 valence electrons. The zero-order valence-corrected chi connectivity index (χ0v) is 19.3. The molecular weight excluding hydrogens is 447 g/mol. The van der Waals surface area contributed by atoms with Gasteiger partial charge in [0.25, 0.3) is 5.91 Å². The minimum Gasteiger partial charge on any atom is -0.486 e. The number of benzene rings is 2. The predicted molar refractivity (Wildman–Crippen MR) is 126 cm³/mol. The van der Waals surface area contributed by atoms with Crippen molar-refractivity contribution in [3.63, 3.8) is 0 Å². The zero-order chi connectivity index (χ0) is 23.9. The largest absolute Gasteiger partial charge is 0.486 e. The first kappa shape index (κ1) is 21.9. The lowest BCUT2D eigenvalue weighted by molar-refractivity contribution is -0.134. The minimum atomic E-state index is -0.354. The van der Waals surface area contributed by atoms with Crippen molar-refractivity contribution in [1.82, 2.24) is 10.2 Å². The van der Waals surface area contributed by atoms with Gasteiger partial charge in [-0.2, -0.15) is 0 Å². The summed E-state index contributed by atoms with van der Waals surface area (Å²) < 4.78 is 25.8. The summed E-state index contributed by atoms with van der Waals surface area (Å²) >= 11 is 0. The molecule has 2 amide bonds. The number of hydrogen-bond donors (Lipinski definition) is 1. The highest BCUT2D eigenvalue weighted by molar-refractivity contribution is 5.91. The molecule has 0 saturated heterocycles. The molecule has 2 saturated carbocycles. The van der Waals surface area contributed by atoms with Gasteiger partial charge < -0.3 is 19.4 Å². The number of fused-ring (bicyclic) bond motifs is 1. The van der Waals surface area contributed by atoms with Crippen LogP contribution in [0, 0.1) is 11.7 Å². The van der Waals surface area contributed by atoms with Crippen LogP contribution in [0.25, 0.3) is 0 Å². The first-order chi connectivity index (χ1) is 17.0. The van der Waals surface area contributed by atoms with Crippen molar-refractivity contribution in [2.24, 2.45) is 5.92 Å². The van der Waals surface area contributed by atoms with Gasteiger partial charge in [0.05, 0.1) is 6.04 Å². The monoisotopic (exact) mass is 474 g/mol. The Morgan fingerprint density at radius 3 is 2.69 bits per heavy atom. The lowest BCUT2D eigenvalue weighted by Crippen LogP contribution is -2.41. The van der Waals surface area contributed by atoms with Crippen LogP contribution in [0.2, 0.25) is 0 Å². The van der Waals surface area contributed by atoms with E-state index >= 15 is 0 Å². The summed E-state index contributed by atoms with van der Waals surface area (Å²) in [5, 5.41) is 2.91. The molecule has 2 aromatic carbocycles. The summed E-state index contributed by atoms with van der Waals surface area (Å²) in [6.45, 7) is 0.784. The molecule has 6 nitrogen and oxygen atoms in total. The number of furan rings is 1. The summed E-state index contributed by atoms with van der Waals surface area (Å²) in [4.78, 5) is 27.2. The number of ether oxygens (including phenoxy) is 1. The van der Waals surface area contributed by atoms with Crippen LogP contribution in [-0.4, -0.2) is 29.3 Å². The maximum atomic E-state index is 14.2. The van der Waals surface area contributed by atoms with Crippen molar-refractivity contribution in [3.8, 4) is 5.75 Å². The Morgan fingerprint density at radius 2 is 1.91 bits per heavy atom. The van der Waals surface area contributed by atoms with Gasteiger partial charge in [0.15, 0.2) is 5.76 Å². The molecule has 0 spiro atoms. The van der Waals surface area contributed by atoms with Gasteiger partial charge in [-0.1, -0.05) is 18.2 Å². The third kappa shape index (κ3) is 4.67. The molecule has 2 fully saturated rings. The summed E-state index contributed by atoms with van der Waals surface area (Å²) in [6.07, 6.45) is 4.62. The van der Waals surface area contributed by atoms with Crippen molar-refractivity contribution >= 4 is 11.8 Å². The first-order valence-corrected chi connectivity index (χ1v) is 12.3. The van der Waals surface area contributed by atoms with E-state index in [0.717, 1.165) is 48.8 Å². The van der Waals surface area contributed by atoms with E-state index in [-0.39, 0.29) is 48.0 Å². The molecule has 0 unspecified atom stereocenters. The SMILES string of the molecule is O=C(NC1CC1)c1ccc(COc2ccc3c(c2)[C@@H](c2cccc(F)c2)N(C(=O)C2CC2)CC3)o1. The standard InChI is InChI=1S/C28H27FN2O4/c29-20-3-1-2-19(14-20)26-24-15-22(9-6-17(24)12-13-31(26)28(33)18-4-5-18)34-16-23-10-11-25(35-23)27(32)30-21-7-8-21/h1-3,6,9-11,14-15,18,21,26H,4-5,7-8,12-13,16H2,(H,30,32)/t26-/m1/s1. The van der Waals surface area contributed by atoms with Crippen LogP contribution in [0.1, 0.15) is 64.7 Å². The second kappa shape index (κ2) is 8.87. The van der Waals surface area contributed by atoms with E-state index in [2.05, 4.69) is 5.32 Å². The minimum absolute atomic E-state index is 0.0808. The topological polar surface area (TPSA) is 71.8 Å². The Balaban J connectivity index is 1.24. The second-order valence-corrected chi connectivity index (χ2v) is 9.68. The molecule has 1 aliphatic heterocycles. The summed E-state index contributed by atoms with van der Waals surface area (Å²) in [7, 11) is 0. The number of amides is 2. The predicted octanol–water partition coefficient (Wildman–Crippen LogP) is 4.77. The van der Waals surface area contributed by atoms with Crippen LogP contribution in [0.4, 0.5) is 4.39 Å². The molecule has 0 bridgehead atoms. The molecule has 35 heavy (non-hydrogen) atoms. The van der Waals surface area contributed by atoms with Crippen molar-refractivity contribution in [1.29, 1.82) is 0 Å². The molecule has 1 N–H and O–H groups in total. The van der Waals surface area contributed by atoms with Crippen molar-refractivity contribution < 1.29 is 23.1 Å². The Morgan fingerprint density at radius 1 is 1.06 bits per heavy atom. The molecule has 2 heterocycles. The van der Waals surface area contributed by atoms with Crippen LogP contribution in [-0.2, 0) is 17.8 Å². The maximum absolute atomic E-state index is 14.2. The molecule has 3 aromatic rings. The van der Waals surface area contributed by atoms with Crippen LogP contribution >= 0.6 is 0 Å². The van der Waals surface area contributed by atoms with E-state index < -0.39 is 0 Å². The normalized spacial score (nSPS) is 19.2. The smallest absolute Gasteiger partial charge is 0.287 e. The Kier molecular flexibility index (Phi) is 5.55. The van der Waals surface area contributed by atoms with Gasteiger partial charge >= 0.3 is 0 Å². The Bertz CT molecular complexity index is 1280. The third-order valence-electron chi connectivity index (χ3n) is 6.90. The Hall–Kier alpha value is -3.61. The highest BCUT2D eigenvalue weighted by Crippen LogP contribution is 2.41. The van der Waals surface area contributed by atoms with E-state index in [1.54, 1.807) is 18.2 Å². The van der Waals surface area contributed by atoms with Crippen LogP contribution in [0.5, 0.6) is 5.75 Å². The highest BCUT2D eigenvalue weighted by atomic mass is 19.1. The summed E-state index contributed by atoms with van der Waals surface area (Å²) in [6, 6.07) is 15.7. The average molecular weight is 475 g/mol. The van der Waals surface area contributed by atoms with Crippen LogP contribution in [0.15, 0.2) is 59.0 Å². The molecule has 0 radical (unpaired) electrons. The van der Waals surface area contributed by atoms with Crippen LogP contribution < -0.4 is 10.1 Å². The van der Waals surface area contributed by atoms with Crippen LogP contribution in [0.3, 0.4) is 0 Å². The third-order valence-corrected chi connectivity index (χ3v) is 6.90. The molecule has 1 atom stereocenters. The Labute approximate surface area is 203 Å². The van der Waals surface area contributed by atoms with Gasteiger partial charge in [-0.3, -0.25) is 9.59 Å². The van der Waals surface area contributed by atoms with E-state index in [1.165, 1.54) is 12.1 Å². The highest BCUT2D eigenvalue weighted by Gasteiger charge is 2.39. The summed E-state index contributed by atoms with van der Waals surface area (Å²) in [5.74, 6) is 1.16. The fourth-order valence-corrected chi connectivity index (χ4v) is 4.74. The number of halogens is 1. The number of carbonyl (C=O) groups is 2. The molecule has 7 heteroatoms. The van der Waals surface area contributed by atoms with E-state index in [4.69, 9.17) is 9.15 Å². The second-order valence-electron chi connectivity index (χ2n) is 9.68. The number of rotatable bonds is 7. The molecule has 2 aliphatic carbocycles. The quantitative estimate of drug-likeness (QED) is 0.535. The van der Waals surface area contributed by atoms with Crippen molar-refractivity contribution in [3.05, 3.63) is 88.6 Å². The van der Waals surface area contributed by atoms with Gasteiger partial charge in [0.2, 0.25) is 5.91 Å². The lowest BCUT2D eigenvalue weighted by atomic mass is 9.87. The molecular formula is C28H27FN2O4. The number of nitrogens with zero attached hydrogens (tertiary/aromatic N) is 1. The molecule has 6 rings (SSSR count). The molecule has 3 aliphatic rings. The fourth-order valence-electron chi connectivity index (χ4n) is 4.74. The van der Waals surface area contributed by atoms with Gasteiger partial charge in [-0.15, -0.1) is 0 Å². The van der Waals surface area contributed by atoms with E-state index in [1.807, 2.05) is 29.2 Å².